The molecule has 3 rings (SSSR count). The van der Waals surface area contributed by atoms with Gasteiger partial charge in [-0.1, -0.05) is 30.3 Å². The van der Waals surface area contributed by atoms with Gasteiger partial charge in [-0.15, -0.1) is 22.7 Å². The first-order valence-electron chi connectivity index (χ1n) is 8.50. The predicted octanol–water partition coefficient (Wildman–Crippen LogP) is 2.90. The normalized spacial score (nSPS) is 12.3. The second-order valence-electron chi connectivity index (χ2n) is 5.97. The van der Waals surface area contributed by atoms with Gasteiger partial charge in [-0.25, -0.2) is 12.8 Å². The Morgan fingerprint density at radius 2 is 1.62 bits per heavy atom. The molecule has 3 aromatic rings. The van der Waals surface area contributed by atoms with E-state index < -0.39 is 32.7 Å². The molecule has 0 aliphatic rings. The lowest BCUT2D eigenvalue weighted by Gasteiger charge is -2.16. The molecule has 6 nitrogen and oxygen atoms in total. The quantitative estimate of drug-likeness (QED) is 0.539. The summed E-state index contributed by atoms with van der Waals surface area (Å²) in [5.74, 6) is -2.44. The fourth-order valence-corrected chi connectivity index (χ4v) is 6.56. The minimum atomic E-state index is -3.73. The number of hydrogen-bond acceptors (Lipinski definition) is 6. The molecule has 0 fully saturated rings. The highest BCUT2D eigenvalue weighted by molar-refractivity contribution is 7.93. The molecule has 0 saturated carbocycles. The van der Waals surface area contributed by atoms with Crippen LogP contribution in [0.5, 0.6) is 0 Å². The minimum Gasteiger partial charge on any atom is -0.346 e. The number of carbonyl (C=O) groups excluding carboxylic acids is 2. The largest absolute Gasteiger partial charge is 0.346 e. The number of amides is 2. The number of sulfone groups is 1. The van der Waals surface area contributed by atoms with E-state index in [2.05, 4.69) is 10.6 Å². The van der Waals surface area contributed by atoms with Crippen LogP contribution in [-0.4, -0.2) is 26.8 Å². The second-order valence-corrected chi connectivity index (χ2v) is 10.2. The second kappa shape index (κ2) is 9.29. The third-order valence-corrected chi connectivity index (χ3v) is 8.71. The summed E-state index contributed by atoms with van der Waals surface area (Å²) in [5.41, 5.74) is 0.241. The van der Waals surface area contributed by atoms with Gasteiger partial charge in [0, 0.05) is 23.5 Å². The summed E-state index contributed by atoms with van der Waals surface area (Å²) in [6.45, 7) is -0.409. The maximum atomic E-state index is 13.6. The maximum Gasteiger partial charge on any atom is 0.309 e. The Balaban J connectivity index is 1.66. The fourth-order valence-electron chi connectivity index (χ4n) is 2.57. The SMILES string of the molecule is O=C(NCc1ccccc1F)C(=O)NC[C@@H](c1cccs1)S(=O)(=O)c1cccs1. The first-order valence-corrected chi connectivity index (χ1v) is 11.8. The molecule has 2 aromatic heterocycles. The summed E-state index contributed by atoms with van der Waals surface area (Å²) in [7, 11) is -3.73. The predicted molar refractivity (Wildman–Crippen MR) is 110 cm³/mol. The van der Waals surface area contributed by atoms with Crippen LogP contribution >= 0.6 is 22.7 Å². The van der Waals surface area contributed by atoms with E-state index in [1.54, 1.807) is 35.0 Å². The van der Waals surface area contributed by atoms with Crippen molar-refractivity contribution in [2.24, 2.45) is 0 Å². The van der Waals surface area contributed by atoms with E-state index in [1.165, 1.54) is 35.6 Å². The van der Waals surface area contributed by atoms with Crippen LogP contribution in [0.3, 0.4) is 0 Å². The van der Waals surface area contributed by atoms with Gasteiger partial charge in [0.1, 0.15) is 15.3 Å². The Bertz CT molecular complexity index is 1080. The van der Waals surface area contributed by atoms with Crippen molar-refractivity contribution in [1.82, 2.24) is 10.6 Å². The molecule has 1 atom stereocenters. The molecule has 0 bridgehead atoms. The first-order chi connectivity index (χ1) is 13.9. The summed E-state index contributed by atoms with van der Waals surface area (Å²) in [5, 5.41) is 7.10. The third-order valence-electron chi connectivity index (χ3n) is 4.06. The van der Waals surface area contributed by atoms with Crippen molar-refractivity contribution < 1.29 is 22.4 Å². The van der Waals surface area contributed by atoms with E-state index in [1.807, 2.05) is 0 Å². The van der Waals surface area contributed by atoms with Gasteiger partial charge in [0.25, 0.3) is 0 Å². The zero-order valence-electron chi connectivity index (χ0n) is 15.0. The molecule has 0 aliphatic carbocycles. The van der Waals surface area contributed by atoms with Crippen LogP contribution in [-0.2, 0) is 26.0 Å². The molecule has 0 radical (unpaired) electrons. The lowest BCUT2D eigenvalue weighted by atomic mass is 10.2. The van der Waals surface area contributed by atoms with Crippen molar-refractivity contribution in [1.29, 1.82) is 0 Å². The van der Waals surface area contributed by atoms with E-state index in [0.717, 1.165) is 11.3 Å². The Morgan fingerprint density at radius 1 is 0.931 bits per heavy atom. The van der Waals surface area contributed by atoms with Crippen molar-refractivity contribution in [2.45, 2.75) is 16.0 Å². The molecule has 2 amide bonds. The molecule has 2 N–H and O–H groups in total. The van der Waals surface area contributed by atoms with Gasteiger partial charge in [0.05, 0.1) is 0 Å². The average molecular weight is 453 g/mol. The number of benzene rings is 1. The number of thiophene rings is 2. The third kappa shape index (κ3) is 5.08. The molecular formula is C19H17FN2O4S3. The summed E-state index contributed by atoms with van der Waals surface area (Å²) in [6.07, 6.45) is 0. The smallest absolute Gasteiger partial charge is 0.309 e. The molecular weight excluding hydrogens is 435 g/mol. The van der Waals surface area contributed by atoms with E-state index in [9.17, 15) is 22.4 Å². The van der Waals surface area contributed by atoms with Crippen LogP contribution in [0.15, 0.2) is 63.5 Å². The molecule has 0 unspecified atom stereocenters. The van der Waals surface area contributed by atoms with E-state index in [0.29, 0.717) is 4.88 Å². The number of hydrogen-bond donors (Lipinski definition) is 2. The van der Waals surface area contributed by atoms with Crippen molar-refractivity contribution in [3.05, 3.63) is 75.5 Å². The molecule has 0 aliphatic heterocycles. The zero-order chi connectivity index (χ0) is 20.9. The molecule has 2 heterocycles. The molecule has 1 aromatic carbocycles. The average Bonchev–Trinajstić information content (AvgIpc) is 3.41. The van der Waals surface area contributed by atoms with Gasteiger partial charge in [-0.05, 0) is 29.0 Å². The fraction of sp³-hybridized carbons (Fsp3) is 0.158. The highest BCUT2D eigenvalue weighted by Crippen LogP contribution is 2.33. The van der Waals surface area contributed by atoms with Crippen LogP contribution in [0.4, 0.5) is 4.39 Å². The van der Waals surface area contributed by atoms with Crippen molar-refractivity contribution in [3.8, 4) is 0 Å². The van der Waals surface area contributed by atoms with Gasteiger partial charge in [-0.3, -0.25) is 9.59 Å². The Kier molecular flexibility index (Phi) is 6.78. The standard InChI is InChI=1S/C19H17FN2O4S3/c20-14-6-2-1-5-13(14)11-21-18(23)19(24)22-12-16(15-7-3-9-27-15)29(25,26)17-8-4-10-28-17/h1-10,16H,11-12H2,(H,21,23)(H,22,24)/t16-/m0/s1. The molecule has 152 valence electrons. The lowest BCUT2D eigenvalue weighted by molar-refractivity contribution is -0.139. The summed E-state index contributed by atoms with van der Waals surface area (Å²) in [6, 6.07) is 12.4. The van der Waals surface area contributed by atoms with Gasteiger partial charge in [-0.2, -0.15) is 0 Å². The summed E-state index contributed by atoms with van der Waals surface area (Å²) in [4.78, 5) is 24.7. The summed E-state index contributed by atoms with van der Waals surface area (Å²) >= 11 is 2.35. The molecule has 10 heteroatoms. The highest BCUT2D eigenvalue weighted by atomic mass is 32.2. The topological polar surface area (TPSA) is 92.3 Å². The van der Waals surface area contributed by atoms with Gasteiger partial charge >= 0.3 is 11.8 Å². The van der Waals surface area contributed by atoms with E-state index in [-0.39, 0.29) is 22.9 Å². The maximum absolute atomic E-state index is 13.6. The highest BCUT2D eigenvalue weighted by Gasteiger charge is 2.31. The Hall–Kier alpha value is -2.56. The van der Waals surface area contributed by atoms with Crippen LogP contribution in [0.2, 0.25) is 0 Å². The van der Waals surface area contributed by atoms with E-state index >= 15 is 0 Å². The lowest BCUT2D eigenvalue weighted by Crippen LogP contribution is -2.42. The Morgan fingerprint density at radius 3 is 2.28 bits per heavy atom. The molecule has 29 heavy (non-hydrogen) atoms. The summed E-state index contributed by atoms with van der Waals surface area (Å²) < 4.78 is 39.7. The van der Waals surface area contributed by atoms with Gasteiger partial charge < -0.3 is 10.6 Å². The number of halogens is 1. The van der Waals surface area contributed by atoms with E-state index in [4.69, 9.17) is 0 Å². The number of carbonyl (C=O) groups is 2. The van der Waals surface area contributed by atoms with Crippen LogP contribution in [0.25, 0.3) is 0 Å². The Labute approximate surface area is 175 Å². The zero-order valence-corrected chi connectivity index (χ0v) is 17.5. The van der Waals surface area contributed by atoms with Crippen LogP contribution in [0.1, 0.15) is 15.7 Å². The van der Waals surface area contributed by atoms with Crippen molar-refractivity contribution >= 4 is 44.3 Å². The minimum absolute atomic E-state index is 0.152. The molecule has 0 spiro atoms. The van der Waals surface area contributed by atoms with Crippen molar-refractivity contribution in [2.75, 3.05) is 6.54 Å². The van der Waals surface area contributed by atoms with Gasteiger partial charge in [0.2, 0.25) is 0 Å². The molecule has 0 saturated heterocycles. The van der Waals surface area contributed by atoms with Crippen LogP contribution in [0, 0.1) is 5.82 Å². The number of nitrogens with one attached hydrogen (secondary N) is 2. The van der Waals surface area contributed by atoms with Crippen LogP contribution < -0.4 is 10.6 Å². The van der Waals surface area contributed by atoms with Gasteiger partial charge in [0.15, 0.2) is 9.84 Å². The van der Waals surface area contributed by atoms with Crippen molar-refractivity contribution in [3.63, 3.8) is 0 Å². The number of rotatable bonds is 7. The monoisotopic (exact) mass is 452 g/mol. The first kappa shape index (κ1) is 21.2.